The highest BCUT2D eigenvalue weighted by Gasteiger charge is 2.41. The Hall–Kier alpha value is -1.68. The van der Waals surface area contributed by atoms with E-state index in [4.69, 9.17) is 4.43 Å². The molecule has 0 heterocycles. The van der Waals surface area contributed by atoms with Gasteiger partial charge in [-0.05, 0) is 34.5 Å². The lowest BCUT2D eigenvalue weighted by molar-refractivity contribution is 0.214. The summed E-state index contributed by atoms with van der Waals surface area (Å²) >= 11 is 3.88. The molecule has 4 rings (SSSR count). The number of rotatable bonds is 4. The van der Waals surface area contributed by atoms with Crippen LogP contribution in [0.5, 0.6) is 0 Å². The second kappa shape index (κ2) is 6.91. The van der Waals surface area contributed by atoms with Gasteiger partial charge in [-0.2, -0.15) is 0 Å². The number of fused-ring (bicyclic) bond motifs is 1. The third-order valence-corrected chi connectivity index (χ3v) is 9.52. The number of halogens is 1. The minimum Gasteiger partial charge on any atom is -0.400 e. The zero-order valence-electron chi connectivity index (χ0n) is 14.2. The first kappa shape index (κ1) is 16.8. The number of hydrogen-bond acceptors (Lipinski definition) is 1. The molecule has 0 spiro atoms. The molecule has 1 aliphatic rings. The first-order valence-corrected chi connectivity index (χ1v) is 12.0. The van der Waals surface area contributed by atoms with Crippen molar-refractivity contribution in [2.24, 2.45) is 0 Å². The quantitative estimate of drug-likeness (QED) is 0.457. The van der Waals surface area contributed by atoms with E-state index in [-0.39, 0.29) is 6.10 Å². The summed E-state index contributed by atoms with van der Waals surface area (Å²) in [5.41, 5.74) is 2.72. The Kier molecular flexibility index (Phi) is 4.63. The molecule has 0 radical (unpaired) electrons. The van der Waals surface area contributed by atoms with E-state index in [0.717, 1.165) is 6.42 Å². The smallest absolute Gasteiger partial charge is 0.253 e. The SMILES string of the molecule is C[Si](OC1c2ccccc2CC1Br)(c1ccccc1)c1ccccc1. The van der Waals surface area contributed by atoms with Crippen molar-refractivity contribution in [3.63, 3.8) is 0 Å². The normalized spacial score (nSPS) is 19.6. The number of benzene rings is 3. The van der Waals surface area contributed by atoms with Crippen LogP contribution in [0, 0.1) is 0 Å². The molecular weight excluding hydrogens is 388 g/mol. The summed E-state index contributed by atoms with van der Waals surface area (Å²) in [6.07, 6.45) is 1.11. The first-order valence-electron chi connectivity index (χ1n) is 8.69. The molecule has 0 aromatic heterocycles. The minimum atomic E-state index is -2.31. The van der Waals surface area contributed by atoms with Crippen LogP contribution in [0.2, 0.25) is 6.55 Å². The predicted octanol–water partition coefficient (Wildman–Crippen LogP) is 4.45. The Morgan fingerprint density at radius 1 is 0.800 bits per heavy atom. The van der Waals surface area contributed by atoms with Crippen molar-refractivity contribution in [3.05, 3.63) is 96.1 Å². The van der Waals surface area contributed by atoms with Crippen molar-refractivity contribution in [1.29, 1.82) is 0 Å². The summed E-state index contributed by atoms with van der Waals surface area (Å²) in [5.74, 6) is 0. The average Bonchev–Trinajstić information content (AvgIpc) is 2.98. The Bertz CT molecular complexity index is 811. The number of alkyl halides is 1. The molecule has 3 aromatic rings. The molecule has 3 heteroatoms. The summed E-state index contributed by atoms with van der Waals surface area (Å²) in [5, 5.41) is 2.62. The molecule has 0 saturated heterocycles. The highest BCUT2D eigenvalue weighted by molar-refractivity contribution is 9.09. The van der Waals surface area contributed by atoms with Crippen LogP contribution in [0.25, 0.3) is 0 Å². The van der Waals surface area contributed by atoms with Gasteiger partial charge in [-0.1, -0.05) is 101 Å². The summed E-state index contributed by atoms with van der Waals surface area (Å²) in [6.45, 7) is 2.32. The average molecular weight is 409 g/mol. The minimum absolute atomic E-state index is 0.0910. The van der Waals surface area contributed by atoms with Gasteiger partial charge in [-0.15, -0.1) is 0 Å². The van der Waals surface area contributed by atoms with Gasteiger partial charge < -0.3 is 4.43 Å². The first-order chi connectivity index (χ1) is 12.2. The third-order valence-electron chi connectivity index (χ3n) is 5.12. The molecule has 0 aliphatic heterocycles. The van der Waals surface area contributed by atoms with E-state index < -0.39 is 8.32 Å². The maximum atomic E-state index is 7.00. The van der Waals surface area contributed by atoms with Gasteiger partial charge in [0.15, 0.2) is 0 Å². The Balaban J connectivity index is 1.78. The Morgan fingerprint density at radius 2 is 1.32 bits per heavy atom. The fourth-order valence-corrected chi connectivity index (χ4v) is 7.72. The second-order valence-electron chi connectivity index (χ2n) is 6.72. The second-order valence-corrected chi connectivity index (χ2v) is 11.4. The molecule has 3 aromatic carbocycles. The third kappa shape index (κ3) is 3.12. The van der Waals surface area contributed by atoms with E-state index >= 15 is 0 Å². The van der Waals surface area contributed by atoms with Gasteiger partial charge in [-0.3, -0.25) is 0 Å². The van der Waals surface area contributed by atoms with Crippen molar-refractivity contribution in [2.45, 2.75) is 23.9 Å². The summed E-state index contributed by atoms with van der Waals surface area (Å²) in [4.78, 5) is 0.323. The fourth-order valence-electron chi connectivity index (χ4n) is 3.72. The van der Waals surface area contributed by atoms with Crippen LogP contribution in [0.4, 0.5) is 0 Å². The van der Waals surface area contributed by atoms with E-state index in [1.165, 1.54) is 21.5 Å². The van der Waals surface area contributed by atoms with Crippen LogP contribution in [-0.2, 0) is 10.8 Å². The molecule has 0 fully saturated rings. The topological polar surface area (TPSA) is 9.23 Å². The molecule has 2 unspecified atom stereocenters. The lowest BCUT2D eigenvalue weighted by Crippen LogP contribution is -2.59. The van der Waals surface area contributed by atoms with E-state index in [1.807, 2.05) is 0 Å². The Morgan fingerprint density at radius 3 is 1.92 bits per heavy atom. The van der Waals surface area contributed by atoms with Gasteiger partial charge in [0.25, 0.3) is 8.32 Å². The fraction of sp³-hybridized carbons (Fsp3) is 0.182. The van der Waals surface area contributed by atoms with Gasteiger partial charge in [0, 0.05) is 4.83 Å². The maximum Gasteiger partial charge on any atom is 0.253 e. The summed E-state index contributed by atoms with van der Waals surface area (Å²) in [6, 6.07) is 30.1. The van der Waals surface area contributed by atoms with Gasteiger partial charge in [0.1, 0.15) is 0 Å². The zero-order valence-corrected chi connectivity index (χ0v) is 16.8. The maximum absolute atomic E-state index is 7.00. The largest absolute Gasteiger partial charge is 0.400 e. The van der Waals surface area contributed by atoms with Gasteiger partial charge in [0.05, 0.1) is 6.10 Å². The Labute approximate surface area is 158 Å². The molecular formula is C22H21BrOSi. The van der Waals surface area contributed by atoms with Crippen molar-refractivity contribution in [2.75, 3.05) is 0 Å². The molecule has 25 heavy (non-hydrogen) atoms. The molecule has 0 saturated carbocycles. The predicted molar refractivity (Wildman–Crippen MR) is 110 cm³/mol. The molecule has 0 amide bonds. The van der Waals surface area contributed by atoms with Crippen LogP contribution >= 0.6 is 15.9 Å². The molecule has 0 N–H and O–H groups in total. The van der Waals surface area contributed by atoms with Gasteiger partial charge in [0.2, 0.25) is 0 Å². The standard InChI is InChI=1S/C22H21BrOSi/c1-25(18-11-4-2-5-12-18,19-13-6-3-7-14-19)24-22-20-15-9-8-10-17(20)16-21(22)23/h2-15,21-22H,16H2,1H3. The molecule has 1 nitrogen and oxygen atoms in total. The number of hydrogen-bond donors (Lipinski definition) is 0. The lowest BCUT2D eigenvalue weighted by Gasteiger charge is -2.33. The van der Waals surface area contributed by atoms with Crippen molar-refractivity contribution < 1.29 is 4.43 Å². The van der Waals surface area contributed by atoms with Gasteiger partial charge in [-0.25, -0.2) is 0 Å². The van der Waals surface area contributed by atoms with Crippen LogP contribution in [0.3, 0.4) is 0 Å². The van der Waals surface area contributed by atoms with Crippen LogP contribution in [0.15, 0.2) is 84.9 Å². The lowest BCUT2D eigenvalue weighted by atomic mass is 10.1. The monoisotopic (exact) mass is 408 g/mol. The molecule has 2 atom stereocenters. The van der Waals surface area contributed by atoms with E-state index in [1.54, 1.807) is 0 Å². The van der Waals surface area contributed by atoms with Crippen molar-refractivity contribution >= 4 is 34.6 Å². The summed E-state index contributed by atoms with van der Waals surface area (Å²) < 4.78 is 7.00. The highest BCUT2D eigenvalue weighted by Crippen LogP contribution is 2.40. The van der Waals surface area contributed by atoms with E-state index in [0.29, 0.717) is 4.83 Å². The van der Waals surface area contributed by atoms with Crippen molar-refractivity contribution in [1.82, 2.24) is 0 Å². The molecule has 1 aliphatic carbocycles. The highest BCUT2D eigenvalue weighted by atomic mass is 79.9. The van der Waals surface area contributed by atoms with E-state index in [9.17, 15) is 0 Å². The summed E-state index contributed by atoms with van der Waals surface area (Å²) in [7, 11) is -2.31. The van der Waals surface area contributed by atoms with E-state index in [2.05, 4.69) is 107 Å². The van der Waals surface area contributed by atoms with Crippen LogP contribution in [-0.4, -0.2) is 13.1 Å². The van der Waals surface area contributed by atoms with Gasteiger partial charge >= 0.3 is 0 Å². The molecule has 126 valence electrons. The molecule has 0 bridgehead atoms. The zero-order chi connectivity index (χ0) is 17.3. The van der Waals surface area contributed by atoms with Crippen LogP contribution < -0.4 is 10.4 Å². The van der Waals surface area contributed by atoms with Crippen LogP contribution in [0.1, 0.15) is 17.2 Å². The van der Waals surface area contributed by atoms with Crippen molar-refractivity contribution in [3.8, 4) is 0 Å².